The first-order valence-corrected chi connectivity index (χ1v) is 19.3. The molecule has 0 aliphatic heterocycles. The van der Waals surface area contributed by atoms with Crippen molar-refractivity contribution in [2.75, 3.05) is 0 Å². The van der Waals surface area contributed by atoms with Crippen molar-refractivity contribution >= 4 is 20.4 Å². The van der Waals surface area contributed by atoms with Crippen LogP contribution < -0.4 is 38.1 Å². The number of rotatable bonds is 15. The van der Waals surface area contributed by atoms with Gasteiger partial charge in [-0.1, -0.05) is 53.4 Å². The van der Waals surface area contributed by atoms with E-state index in [0.717, 1.165) is 26.2 Å². The maximum atomic E-state index is 10.1. The molecule has 52 heavy (non-hydrogen) atoms. The summed E-state index contributed by atoms with van der Waals surface area (Å²) in [5.74, 6) is -1.28. The molecule has 0 atom stereocenters. The average molecular weight is 751 g/mol. The lowest BCUT2D eigenvalue weighted by molar-refractivity contribution is -0.671. The summed E-state index contributed by atoms with van der Waals surface area (Å²) in [5, 5.41) is 9.64. The minimum atomic E-state index is -3.37. The van der Waals surface area contributed by atoms with Crippen LogP contribution in [0.5, 0.6) is 0 Å². The number of aryl methyl sites for hydroxylation is 8. The van der Waals surface area contributed by atoms with E-state index in [1.807, 2.05) is 28.2 Å². The van der Waals surface area contributed by atoms with Gasteiger partial charge in [-0.15, -0.1) is 0 Å². The molecule has 4 aromatic rings. The van der Waals surface area contributed by atoms with Gasteiger partial charge in [-0.05, 0) is 39.0 Å². The SMILES string of the molecule is CC(=O)CCC(=O)[O-].CCCCn1cc[n+](C)c1.CCCCn1cc[n+](C)c1.CCCCn1cc[n+](C)c1.CCCCn1cc[n+](C)c1.[O-]P([O-])[O-]. The van der Waals surface area contributed by atoms with Crippen molar-refractivity contribution in [1.29, 1.82) is 0 Å². The number of carbonyl (C=O) groups excluding carboxylic acids is 2. The third kappa shape index (κ3) is 33.4. The number of Topliss-reactive ketones (excluding diaryl/α,β-unsaturated/α-hetero) is 1. The Morgan fingerprint density at radius 3 is 0.865 bits per heavy atom. The number of unbranched alkanes of at least 4 members (excludes halogenated alkanes) is 4. The number of imidazole rings is 4. The van der Waals surface area contributed by atoms with Crippen LogP contribution in [0.3, 0.4) is 0 Å². The molecule has 0 spiro atoms. The highest BCUT2D eigenvalue weighted by Crippen LogP contribution is 1.94. The fourth-order valence-corrected chi connectivity index (χ4v) is 4.18. The topological polar surface area (TPSA) is 162 Å². The highest BCUT2D eigenvalue weighted by molar-refractivity contribution is 7.33. The quantitative estimate of drug-likeness (QED) is 0.129. The Morgan fingerprint density at radius 1 is 0.519 bits per heavy atom. The van der Waals surface area contributed by atoms with Gasteiger partial charge in [-0.3, -0.25) is 0 Å². The van der Waals surface area contributed by atoms with Crippen LogP contribution in [0.4, 0.5) is 0 Å². The normalized spacial score (nSPS) is 9.87. The van der Waals surface area contributed by atoms with Gasteiger partial charge in [0.05, 0.1) is 54.4 Å². The molecule has 0 saturated carbocycles. The zero-order valence-corrected chi connectivity index (χ0v) is 34.2. The van der Waals surface area contributed by atoms with Gasteiger partial charge in [0.15, 0.2) is 0 Å². The molecule has 4 rings (SSSR count). The molecule has 0 fully saturated rings. The average Bonchev–Trinajstić information content (AvgIpc) is 3.90. The molecule has 0 saturated heterocycles. The predicted octanol–water partition coefficient (Wildman–Crippen LogP) is 0.851. The summed E-state index contributed by atoms with van der Waals surface area (Å²) in [5.41, 5.74) is 0. The first-order chi connectivity index (χ1) is 24.7. The molecule has 15 heteroatoms. The number of carboxylic acids is 1. The number of carboxylic acid groups (broad SMARTS) is 1. The Hall–Kier alpha value is -3.71. The second-order valence-electron chi connectivity index (χ2n) is 12.5. The van der Waals surface area contributed by atoms with Crippen molar-refractivity contribution in [3.8, 4) is 0 Å². The molecule has 0 aromatic carbocycles. The molecule has 0 N–H and O–H groups in total. The Kier molecular flexibility index (Phi) is 32.1. The van der Waals surface area contributed by atoms with Crippen LogP contribution >= 0.6 is 8.60 Å². The van der Waals surface area contributed by atoms with Crippen molar-refractivity contribution in [2.45, 2.75) is 125 Å². The molecular formula is C37H67N8O6P. The molecular weight excluding hydrogens is 683 g/mol. The van der Waals surface area contributed by atoms with E-state index in [1.165, 1.54) is 58.3 Å². The van der Waals surface area contributed by atoms with E-state index >= 15 is 0 Å². The van der Waals surface area contributed by atoms with Crippen LogP contribution in [0.2, 0.25) is 0 Å². The number of aromatic nitrogens is 8. The second kappa shape index (κ2) is 33.1. The maximum Gasteiger partial charge on any atom is 0.243 e. The van der Waals surface area contributed by atoms with E-state index < -0.39 is 14.6 Å². The molecule has 296 valence electrons. The van der Waals surface area contributed by atoms with Crippen LogP contribution in [0, 0.1) is 0 Å². The Morgan fingerprint density at radius 2 is 0.750 bits per heavy atom. The summed E-state index contributed by atoms with van der Waals surface area (Å²) in [4.78, 5) is 45.1. The van der Waals surface area contributed by atoms with Crippen molar-refractivity contribution in [1.82, 2.24) is 18.3 Å². The molecule has 0 amide bonds. The summed E-state index contributed by atoms with van der Waals surface area (Å²) >= 11 is 0. The van der Waals surface area contributed by atoms with Crippen molar-refractivity contribution in [3.63, 3.8) is 0 Å². The number of carbonyl (C=O) groups is 2. The maximum absolute atomic E-state index is 10.1. The fourth-order valence-electron chi connectivity index (χ4n) is 4.18. The summed E-state index contributed by atoms with van der Waals surface area (Å²) in [7, 11) is 4.81. The van der Waals surface area contributed by atoms with Crippen molar-refractivity contribution < 1.29 is 47.6 Å². The van der Waals surface area contributed by atoms with E-state index in [0.29, 0.717) is 0 Å². The van der Waals surface area contributed by atoms with E-state index in [4.69, 9.17) is 14.7 Å². The van der Waals surface area contributed by atoms with Gasteiger partial charge in [0.2, 0.25) is 25.3 Å². The molecule has 4 aromatic heterocycles. The zero-order chi connectivity index (χ0) is 39.7. The lowest BCUT2D eigenvalue weighted by Crippen LogP contribution is -2.23. The van der Waals surface area contributed by atoms with Crippen LogP contribution in [0.1, 0.15) is 98.8 Å². The minimum absolute atomic E-state index is 0.0856. The summed E-state index contributed by atoms with van der Waals surface area (Å²) in [6.07, 6.45) is 35.2. The minimum Gasteiger partial charge on any atom is -0.854 e. The van der Waals surface area contributed by atoms with Gasteiger partial charge in [-0.25, -0.2) is 36.5 Å². The lowest BCUT2D eigenvalue weighted by Gasteiger charge is -2.39. The van der Waals surface area contributed by atoms with Crippen molar-refractivity contribution in [3.05, 3.63) is 74.9 Å². The smallest absolute Gasteiger partial charge is 0.243 e. The molecule has 0 bridgehead atoms. The molecule has 4 heterocycles. The molecule has 0 aliphatic carbocycles. The first kappa shape index (κ1) is 50.4. The van der Waals surface area contributed by atoms with Gasteiger partial charge in [0.1, 0.15) is 55.4 Å². The van der Waals surface area contributed by atoms with Crippen LogP contribution in [0.15, 0.2) is 74.9 Å². The second-order valence-corrected chi connectivity index (χ2v) is 12.9. The van der Waals surface area contributed by atoms with E-state index in [1.54, 1.807) is 0 Å². The molecule has 0 aliphatic rings. The monoisotopic (exact) mass is 750 g/mol. The number of ketones is 1. The summed E-state index contributed by atoms with van der Waals surface area (Å²) in [6.45, 7) is 14.8. The number of nitrogens with zero attached hydrogens (tertiary/aromatic N) is 8. The highest BCUT2D eigenvalue weighted by Gasteiger charge is 1.99. The standard InChI is InChI=1S/4C8H15N2.C5H8O3.O3P/c4*1-3-4-5-10-7-6-9(2)8-10;1-4(6)2-3-5(7)8;1-4(2)3/h4*6-8H,3-5H2,1-2H3;2-3H2,1H3,(H,7,8);/q4*+1;;-3/p-1. The molecule has 14 nitrogen and oxygen atoms in total. The molecule has 0 radical (unpaired) electrons. The molecule has 0 unspecified atom stereocenters. The van der Waals surface area contributed by atoms with Gasteiger partial charge >= 0.3 is 0 Å². The van der Waals surface area contributed by atoms with Gasteiger partial charge in [-0.2, -0.15) is 0 Å². The number of hydrogen-bond acceptors (Lipinski definition) is 6. The Bertz CT molecular complexity index is 1220. The summed E-state index contributed by atoms with van der Waals surface area (Å²) < 4.78 is 17.1. The van der Waals surface area contributed by atoms with Crippen LogP contribution in [0.25, 0.3) is 0 Å². The van der Waals surface area contributed by atoms with Crippen molar-refractivity contribution in [2.24, 2.45) is 28.2 Å². The lowest BCUT2D eigenvalue weighted by atomic mass is 10.2. The number of aliphatic carboxylic acids is 1. The van der Waals surface area contributed by atoms with E-state index in [2.05, 4.69) is 139 Å². The van der Waals surface area contributed by atoms with Crippen LogP contribution in [-0.2, 0) is 64.0 Å². The third-order valence-electron chi connectivity index (χ3n) is 7.06. The summed E-state index contributed by atoms with van der Waals surface area (Å²) in [6, 6.07) is 0. The largest absolute Gasteiger partial charge is 0.854 e. The van der Waals surface area contributed by atoms with Gasteiger partial charge in [0.25, 0.3) is 0 Å². The Labute approximate surface area is 313 Å². The van der Waals surface area contributed by atoms with E-state index in [-0.39, 0.29) is 18.6 Å². The van der Waals surface area contributed by atoms with Gasteiger partial charge in [0, 0.05) is 12.4 Å². The predicted molar refractivity (Wildman–Crippen MR) is 194 cm³/mol. The third-order valence-corrected chi connectivity index (χ3v) is 7.06. The van der Waals surface area contributed by atoms with Crippen LogP contribution in [-0.4, -0.2) is 30.0 Å². The highest BCUT2D eigenvalue weighted by atomic mass is 31.2. The number of hydrogen-bond donors (Lipinski definition) is 0. The van der Waals surface area contributed by atoms with Gasteiger partial charge < -0.3 is 38.0 Å². The first-order valence-electron chi connectivity index (χ1n) is 18.2. The van der Waals surface area contributed by atoms with E-state index in [9.17, 15) is 14.7 Å². The zero-order valence-electron chi connectivity index (χ0n) is 33.3. The Balaban J connectivity index is 0. The fraction of sp³-hybridized carbons (Fsp3) is 0.622.